The molecule has 0 bridgehead atoms. The number of aromatic nitrogens is 3. The van der Waals surface area contributed by atoms with Gasteiger partial charge in [-0.1, -0.05) is 30.3 Å². The number of benzene rings is 2. The summed E-state index contributed by atoms with van der Waals surface area (Å²) < 4.78 is 26.7. The molecule has 0 aliphatic carbocycles. The van der Waals surface area contributed by atoms with Gasteiger partial charge in [-0.25, -0.2) is 18.1 Å². The number of sulfone groups is 1. The highest BCUT2D eigenvalue weighted by Crippen LogP contribution is 2.18. The fourth-order valence-corrected chi connectivity index (χ4v) is 4.42. The molecule has 3 rings (SSSR count). The van der Waals surface area contributed by atoms with Crippen LogP contribution in [0, 0.1) is 0 Å². The molecule has 0 amide bonds. The quantitative estimate of drug-likeness (QED) is 0.692. The summed E-state index contributed by atoms with van der Waals surface area (Å²) in [7, 11) is -3.32. The minimum Gasteiger partial charge on any atom is -0.307 e. The minimum atomic E-state index is -3.32. The Bertz CT molecular complexity index is 941. The van der Waals surface area contributed by atoms with Gasteiger partial charge < -0.3 is 5.32 Å². The van der Waals surface area contributed by atoms with Crippen molar-refractivity contribution in [1.29, 1.82) is 0 Å². The van der Waals surface area contributed by atoms with E-state index in [-0.39, 0.29) is 17.8 Å². The van der Waals surface area contributed by atoms with Crippen LogP contribution in [0.1, 0.15) is 25.5 Å². The molecular formula is C19H22N4O2S. The first-order valence-electron chi connectivity index (χ1n) is 8.44. The van der Waals surface area contributed by atoms with E-state index < -0.39 is 9.84 Å². The fraction of sp³-hybridized carbons (Fsp3) is 0.263. The van der Waals surface area contributed by atoms with Crippen LogP contribution in [0.3, 0.4) is 0 Å². The average Bonchev–Trinajstić information content (AvgIpc) is 3.17. The summed E-state index contributed by atoms with van der Waals surface area (Å²) in [5.74, 6) is 0.0458. The van der Waals surface area contributed by atoms with E-state index in [0.29, 0.717) is 4.90 Å². The molecule has 0 radical (unpaired) electrons. The maximum absolute atomic E-state index is 12.5. The van der Waals surface area contributed by atoms with Crippen molar-refractivity contribution in [2.24, 2.45) is 0 Å². The number of hydrogen-bond acceptors (Lipinski definition) is 5. The second-order valence-electron chi connectivity index (χ2n) is 6.32. The third-order valence-electron chi connectivity index (χ3n) is 4.16. The maximum Gasteiger partial charge on any atom is 0.179 e. The highest BCUT2D eigenvalue weighted by molar-refractivity contribution is 7.91. The van der Waals surface area contributed by atoms with Crippen LogP contribution in [-0.2, 0) is 9.84 Å². The predicted octanol–water partition coefficient (Wildman–Crippen LogP) is 2.78. The van der Waals surface area contributed by atoms with Crippen LogP contribution in [0.4, 0.5) is 0 Å². The molecule has 0 saturated heterocycles. The summed E-state index contributed by atoms with van der Waals surface area (Å²) in [5.41, 5.74) is 1.97. The molecule has 0 saturated carbocycles. The van der Waals surface area contributed by atoms with E-state index >= 15 is 0 Å². The molecule has 26 heavy (non-hydrogen) atoms. The molecule has 0 fully saturated rings. The zero-order valence-electron chi connectivity index (χ0n) is 14.8. The van der Waals surface area contributed by atoms with Crippen LogP contribution in [0.25, 0.3) is 5.69 Å². The second kappa shape index (κ2) is 7.80. The van der Waals surface area contributed by atoms with Gasteiger partial charge in [-0.15, -0.1) is 0 Å². The van der Waals surface area contributed by atoms with Gasteiger partial charge in [0.25, 0.3) is 0 Å². The first-order valence-corrected chi connectivity index (χ1v) is 10.1. The Balaban J connectivity index is 1.68. The number of nitrogens with zero attached hydrogens (tertiary/aromatic N) is 3. The molecule has 3 aromatic rings. The van der Waals surface area contributed by atoms with E-state index in [1.165, 1.54) is 6.33 Å². The minimum absolute atomic E-state index is 0.000514. The lowest BCUT2D eigenvalue weighted by Crippen LogP contribution is -2.35. The first-order chi connectivity index (χ1) is 12.5. The number of rotatable bonds is 7. The summed E-state index contributed by atoms with van der Waals surface area (Å²) >= 11 is 0. The van der Waals surface area contributed by atoms with Crippen LogP contribution in [0.15, 0.2) is 72.1 Å². The smallest absolute Gasteiger partial charge is 0.179 e. The van der Waals surface area contributed by atoms with Crippen LogP contribution in [0.5, 0.6) is 0 Å². The third kappa shape index (κ3) is 4.36. The Morgan fingerprint density at radius 3 is 2.54 bits per heavy atom. The Hall–Kier alpha value is -2.51. The summed E-state index contributed by atoms with van der Waals surface area (Å²) in [6, 6.07) is 16.3. The van der Waals surface area contributed by atoms with E-state index in [1.54, 1.807) is 35.3 Å². The molecule has 7 heteroatoms. The fourth-order valence-electron chi connectivity index (χ4n) is 2.90. The van der Waals surface area contributed by atoms with Crippen LogP contribution in [-0.4, -0.2) is 35.0 Å². The van der Waals surface area contributed by atoms with Crippen molar-refractivity contribution in [3.63, 3.8) is 0 Å². The summed E-state index contributed by atoms with van der Waals surface area (Å²) in [6.07, 6.45) is 3.14. The Labute approximate surface area is 153 Å². The second-order valence-corrected chi connectivity index (χ2v) is 8.35. The lowest BCUT2D eigenvalue weighted by atomic mass is 10.1. The molecule has 2 atom stereocenters. The molecule has 1 heterocycles. The van der Waals surface area contributed by atoms with Gasteiger partial charge in [0.05, 0.1) is 16.3 Å². The monoisotopic (exact) mass is 370 g/mol. The maximum atomic E-state index is 12.5. The largest absolute Gasteiger partial charge is 0.307 e. The molecule has 1 N–H and O–H groups in total. The lowest BCUT2D eigenvalue weighted by molar-refractivity contribution is 0.499. The van der Waals surface area contributed by atoms with Gasteiger partial charge in [-0.3, -0.25) is 0 Å². The third-order valence-corrected chi connectivity index (χ3v) is 6.09. The molecule has 0 aliphatic heterocycles. The van der Waals surface area contributed by atoms with Crippen LogP contribution in [0.2, 0.25) is 0 Å². The van der Waals surface area contributed by atoms with Crippen molar-refractivity contribution >= 4 is 9.84 Å². The van der Waals surface area contributed by atoms with E-state index in [2.05, 4.69) is 15.4 Å². The molecule has 0 aliphatic rings. The zero-order valence-corrected chi connectivity index (χ0v) is 15.6. The first kappa shape index (κ1) is 18.3. The average molecular weight is 370 g/mol. The van der Waals surface area contributed by atoms with Crippen molar-refractivity contribution in [3.8, 4) is 5.69 Å². The highest BCUT2D eigenvalue weighted by Gasteiger charge is 2.20. The predicted molar refractivity (Wildman–Crippen MR) is 101 cm³/mol. The SMILES string of the molecule is C[C@H](N[C@@H](C)CS(=O)(=O)c1ccccc1)c1cccc(-n2cncn2)c1. The van der Waals surface area contributed by atoms with Crippen molar-refractivity contribution < 1.29 is 8.42 Å². The molecule has 136 valence electrons. The van der Waals surface area contributed by atoms with Gasteiger partial charge >= 0.3 is 0 Å². The van der Waals surface area contributed by atoms with Gasteiger partial charge in [0.15, 0.2) is 9.84 Å². The zero-order chi connectivity index (χ0) is 18.6. The lowest BCUT2D eigenvalue weighted by Gasteiger charge is -2.21. The molecule has 6 nitrogen and oxygen atoms in total. The number of nitrogens with one attached hydrogen (secondary N) is 1. The van der Waals surface area contributed by atoms with E-state index in [4.69, 9.17) is 0 Å². The van der Waals surface area contributed by atoms with Gasteiger partial charge in [-0.2, -0.15) is 5.10 Å². The Kier molecular flexibility index (Phi) is 5.49. The van der Waals surface area contributed by atoms with Crippen molar-refractivity contribution in [2.45, 2.75) is 30.8 Å². The van der Waals surface area contributed by atoms with Crippen molar-refractivity contribution in [1.82, 2.24) is 20.1 Å². The van der Waals surface area contributed by atoms with Gasteiger partial charge in [0, 0.05) is 12.1 Å². The summed E-state index contributed by atoms with van der Waals surface area (Å²) in [6.45, 7) is 3.91. The molecule has 0 spiro atoms. The van der Waals surface area contributed by atoms with E-state index in [0.717, 1.165) is 11.3 Å². The Morgan fingerprint density at radius 2 is 1.85 bits per heavy atom. The molecule has 2 aromatic carbocycles. The molecular weight excluding hydrogens is 348 g/mol. The summed E-state index contributed by atoms with van der Waals surface area (Å²) in [5, 5.41) is 7.51. The van der Waals surface area contributed by atoms with Crippen LogP contribution < -0.4 is 5.32 Å². The van der Waals surface area contributed by atoms with Crippen LogP contribution >= 0.6 is 0 Å². The van der Waals surface area contributed by atoms with Gasteiger partial charge in [0.2, 0.25) is 0 Å². The van der Waals surface area contributed by atoms with E-state index in [1.807, 2.05) is 44.2 Å². The van der Waals surface area contributed by atoms with Crippen molar-refractivity contribution in [2.75, 3.05) is 5.75 Å². The number of hydrogen-bond donors (Lipinski definition) is 1. The molecule has 1 aromatic heterocycles. The molecule has 0 unspecified atom stereocenters. The van der Waals surface area contributed by atoms with Crippen molar-refractivity contribution in [3.05, 3.63) is 72.8 Å². The van der Waals surface area contributed by atoms with Gasteiger partial charge in [0.1, 0.15) is 12.7 Å². The Morgan fingerprint density at radius 1 is 1.08 bits per heavy atom. The van der Waals surface area contributed by atoms with Gasteiger partial charge in [-0.05, 0) is 43.7 Å². The standard InChI is InChI=1S/C19H22N4O2S/c1-15(12-26(24,25)19-9-4-3-5-10-19)22-16(2)17-7-6-8-18(11-17)23-14-20-13-21-23/h3-11,13-16,22H,12H2,1-2H3/t15-,16-/m0/s1. The summed E-state index contributed by atoms with van der Waals surface area (Å²) in [4.78, 5) is 4.32. The highest BCUT2D eigenvalue weighted by atomic mass is 32.2. The topological polar surface area (TPSA) is 76.9 Å². The van der Waals surface area contributed by atoms with E-state index in [9.17, 15) is 8.42 Å². The normalized spacial score (nSPS) is 14.1.